The number of rotatable bonds is 15. The van der Waals surface area contributed by atoms with Crippen LogP contribution in [0.3, 0.4) is 0 Å². The van der Waals surface area contributed by atoms with Crippen molar-refractivity contribution in [2.24, 2.45) is 0 Å². The lowest BCUT2D eigenvalue weighted by Gasteiger charge is -2.35. The van der Waals surface area contributed by atoms with E-state index in [1.807, 2.05) is 0 Å². The van der Waals surface area contributed by atoms with Crippen LogP contribution in [-0.2, 0) is 47.6 Å². The van der Waals surface area contributed by atoms with Gasteiger partial charge in [0, 0.05) is 27.7 Å². The molecule has 0 N–H and O–H groups in total. The maximum atomic E-state index is 12.7. The third kappa shape index (κ3) is 11.3. The largest absolute Gasteiger partial charge is 0.497 e. The van der Waals surface area contributed by atoms with E-state index < -0.39 is 73.4 Å². The molecule has 4 atom stereocenters. The van der Waals surface area contributed by atoms with Gasteiger partial charge in [0.1, 0.15) is 24.7 Å². The summed E-state index contributed by atoms with van der Waals surface area (Å²) >= 11 is 0. The fourth-order valence-electron chi connectivity index (χ4n) is 3.85. The van der Waals surface area contributed by atoms with Gasteiger partial charge in [-0.2, -0.15) is 0 Å². The van der Waals surface area contributed by atoms with E-state index in [9.17, 15) is 28.8 Å². The van der Waals surface area contributed by atoms with E-state index in [1.54, 1.807) is 0 Å². The van der Waals surface area contributed by atoms with Gasteiger partial charge in [-0.05, 0) is 48.5 Å². The highest BCUT2D eigenvalue weighted by molar-refractivity contribution is 5.90. The lowest BCUT2D eigenvalue weighted by molar-refractivity contribution is -0.203. The Morgan fingerprint density at radius 2 is 0.795 bits per heavy atom. The number of methoxy groups -OCH3 is 2. The SMILES string of the molecule is COc1ccc(C(=O)OC[C@H](OC(C)=O)[C@@H](OC(C)=O)[C@H](OC(C)=O)[C@@H](COC(=O)c2ccc(OC)cc2)OC(C)=O)cc1. The van der Waals surface area contributed by atoms with Gasteiger partial charge in [0.05, 0.1) is 25.3 Å². The molecule has 0 aliphatic rings. The van der Waals surface area contributed by atoms with Crippen LogP contribution in [0.1, 0.15) is 48.4 Å². The summed E-state index contributed by atoms with van der Waals surface area (Å²) in [6, 6.07) is 11.8. The molecule has 0 aromatic heterocycles. The van der Waals surface area contributed by atoms with Gasteiger partial charge in [-0.1, -0.05) is 0 Å². The number of hydrogen-bond acceptors (Lipinski definition) is 14. The van der Waals surface area contributed by atoms with E-state index in [1.165, 1.54) is 62.8 Å². The smallest absolute Gasteiger partial charge is 0.338 e. The molecule has 14 nitrogen and oxygen atoms in total. The van der Waals surface area contributed by atoms with Crippen molar-refractivity contribution >= 4 is 35.8 Å². The van der Waals surface area contributed by atoms with Gasteiger partial charge in [0.25, 0.3) is 0 Å². The van der Waals surface area contributed by atoms with Crippen LogP contribution in [0.4, 0.5) is 0 Å². The Bertz CT molecular complexity index is 1200. The zero-order valence-electron chi connectivity index (χ0n) is 25.1. The molecule has 2 aromatic rings. The molecule has 0 radical (unpaired) electrons. The van der Waals surface area contributed by atoms with Crippen LogP contribution >= 0.6 is 0 Å². The minimum atomic E-state index is -1.70. The summed E-state index contributed by atoms with van der Waals surface area (Å²) in [7, 11) is 2.91. The molecule has 0 saturated carbocycles. The summed E-state index contributed by atoms with van der Waals surface area (Å²) in [6.45, 7) is 2.78. The van der Waals surface area contributed by atoms with Crippen LogP contribution in [0.25, 0.3) is 0 Å². The predicted molar refractivity (Wildman–Crippen MR) is 149 cm³/mol. The Hall–Kier alpha value is -5.14. The normalized spacial score (nSPS) is 13.1. The molecule has 0 aliphatic heterocycles. The Kier molecular flexibility index (Phi) is 13.6. The van der Waals surface area contributed by atoms with Crippen molar-refractivity contribution in [1.82, 2.24) is 0 Å². The van der Waals surface area contributed by atoms with E-state index in [2.05, 4.69) is 0 Å². The second kappa shape index (κ2) is 17.1. The first-order valence-electron chi connectivity index (χ1n) is 13.2. The van der Waals surface area contributed by atoms with Crippen molar-refractivity contribution in [2.45, 2.75) is 52.1 Å². The molecule has 0 fully saturated rings. The molecule has 44 heavy (non-hydrogen) atoms. The van der Waals surface area contributed by atoms with Crippen molar-refractivity contribution in [3.8, 4) is 11.5 Å². The van der Waals surface area contributed by atoms with Gasteiger partial charge in [-0.15, -0.1) is 0 Å². The van der Waals surface area contributed by atoms with E-state index in [0.29, 0.717) is 11.5 Å². The van der Waals surface area contributed by atoms with Gasteiger partial charge in [-0.25, -0.2) is 9.59 Å². The summed E-state index contributed by atoms with van der Waals surface area (Å²) in [4.78, 5) is 73.9. The van der Waals surface area contributed by atoms with E-state index in [0.717, 1.165) is 27.7 Å². The first kappa shape index (κ1) is 35.1. The summed E-state index contributed by atoms with van der Waals surface area (Å²) in [6.07, 6.45) is -6.54. The lowest BCUT2D eigenvalue weighted by atomic mass is 10.0. The molecule has 2 aromatic carbocycles. The third-order valence-electron chi connectivity index (χ3n) is 5.70. The van der Waals surface area contributed by atoms with Crippen molar-refractivity contribution in [2.75, 3.05) is 27.4 Å². The second-order valence-electron chi connectivity index (χ2n) is 9.10. The maximum Gasteiger partial charge on any atom is 0.338 e. The monoisotopic (exact) mass is 618 g/mol. The number of benzene rings is 2. The molecule has 0 bridgehead atoms. The lowest BCUT2D eigenvalue weighted by Crippen LogP contribution is -2.54. The van der Waals surface area contributed by atoms with Gasteiger partial charge in [-0.3, -0.25) is 19.2 Å². The molecule has 0 unspecified atom stereocenters. The van der Waals surface area contributed by atoms with Crippen molar-refractivity contribution in [3.05, 3.63) is 59.7 Å². The number of carbonyl (C=O) groups is 6. The summed E-state index contributed by atoms with van der Waals surface area (Å²) in [5.41, 5.74) is 0.243. The Morgan fingerprint density at radius 3 is 1.05 bits per heavy atom. The van der Waals surface area contributed by atoms with E-state index >= 15 is 0 Å². The fraction of sp³-hybridized carbons (Fsp3) is 0.400. The van der Waals surface area contributed by atoms with Gasteiger partial charge >= 0.3 is 35.8 Å². The predicted octanol–water partition coefficient (Wildman–Crippen LogP) is 2.44. The topological polar surface area (TPSA) is 176 Å². The third-order valence-corrected chi connectivity index (χ3v) is 5.70. The molecule has 0 saturated heterocycles. The molecule has 0 spiro atoms. The van der Waals surface area contributed by atoms with Crippen molar-refractivity contribution in [1.29, 1.82) is 0 Å². The molecule has 2 rings (SSSR count). The van der Waals surface area contributed by atoms with Crippen LogP contribution < -0.4 is 9.47 Å². The second-order valence-corrected chi connectivity index (χ2v) is 9.10. The first-order chi connectivity index (χ1) is 20.8. The van der Waals surface area contributed by atoms with Crippen LogP contribution in [0, 0.1) is 0 Å². The molecule has 0 amide bonds. The Balaban J connectivity index is 2.40. The summed E-state index contributed by atoms with van der Waals surface area (Å²) < 4.78 is 42.1. The quantitative estimate of drug-likeness (QED) is 0.210. The van der Waals surface area contributed by atoms with Crippen molar-refractivity contribution < 1.29 is 66.7 Å². The maximum absolute atomic E-state index is 12.7. The average Bonchev–Trinajstić information content (AvgIpc) is 2.98. The zero-order chi connectivity index (χ0) is 32.8. The number of carbonyl (C=O) groups excluding carboxylic acids is 6. The molecule has 238 valence electrons. The minimum Gasteiger partial charge on any atom is -0.497 e. The summed E-state index contributed by atoms with van der Waals surface area (Å²) in [5.74, 6) is -4.26. The van der Waals surface area contributed by atoms with Gasteiger partial charge < -0.3 is 37.9 Å². The molecule has 14 heteroatoms. The average molecular weight is 619 g/mol. The fourth-order valence-corrected chi connectivity index (χ4v) is 3.85. The Morgan fingerprint density at radius 1 is 0.500 bits per heavy atom. The van der Waals surface area contributed by atoms with Crippen LogP contribution in [-0.4, -0.2) is 87.7 Å². The van der Waals surface area contributed by atoms with Gasteiger partial charge in [0.15, 0.2) is 24.4 Å². The first-order valence-corrected chi connectivity index (χ1v) is 13.2. The van der Waals surface area contributed by atoms with Crippen LogP contribution in [0.15, 0.2) is 48.5 Å². The minimum absolute atomic E-state index is 0.121. The van der Waals surface area contributed by atoms with Crippen molar-refractivity contribution in [3.63, 3.8) is 0 Å². The number of ether oxygens (including phenoxy) is 8. The standard InChI is InChI=1S/C30H34O14/c1-17(31)41-25(15-39-29(35)21-7-11-23(37-5)12-8-21)27(43-19(3)33)28(44-20(4)34)26(42-18(2)32)16-40-30(36)22-9-13-24(38-6)14-10-22/h7-14,25-28H,15-16H2,1-6H3/t25-,26+,27-,28-/m1/s1. The molecule has 0 heterocycles. The highest BCUT2D eigenvalue weighted by Crippen LogP contribution is 2.22. The zero-order valence-corrected chi connectivity index (χ0v) is 25.1. The number of hydrogen-bond donors (Lipinski definition) is 0. The molecule has 0 aliphatic carbocycles. The highest BCUT2D eigenvalue weighted by atomic mass is 16.6. The Labute approximate surface area is 253 Å². The van der Waals surface area contributed by atoms with Crippen LogP contribution in [0.5, 0.6) is 11.5 Å². The highest BCUT2D eigenvalue weighted by Gasteiger charge is 2.44. The summed E-state index contributed by atoms with van der Waals surface area (Å²) in [5, 5.41) is 0. The van der Waals surface area contributed by atoms with Crippen LogP contribution in [0.2, 0.25) is 0 Å². The van der Waals surface area contributed by atoms with E-state index in [4.69, 9.17) is 37.9 Å². The van der Waals surface area contributed by atoms with Gasteiger partial charge in [0.2, 0.25) is 0 Å². The van der Waals surface area contributed by atoms with E-state index in [-0.39, 0.29) is 11.1 Å². The number of esters is 6. The molecular weight excluding hydrogens is 584 g/mol. The molecular formula is C30H34O14.